The summed E-state index contributed by atoms with van der Waals surface area (Å²) in [7, 11) is -4.08. The van der Waals surface area contributed by atoms with Crippen molar-refractivity contribution in [3.63, 3.8) is 0 Å². The van der Waals surface area contributed by atoms with Crippen molar-refractivity contribution < 1.29 is 17.8 Å². The van der Waals surface area contributed by atoms with Gasteiger partial charge in [-0.15, -0.1) is 0 Å². The van der Waals surface area contributed by atoms with E-state index in [1.54, 1.807) is 6.92 Å². The Morgan fingerprint density at radius 3 is 2.26 bits per heavy atom. The Morgan fingerprint density at radius 2 is 2.00 bits per heavy atom. The highest BCUT2D eigenvalue weighted by Gasteiger charge is 2.44. The van der Waals surface area contributed by atoms with Crippen LogP contribution in [0.5, 0.6) is 0 Å². The summed E-state index contributed by atoms with van der Waals surface area (Å²) >= 11 is 0. The van der Waals surface area contributed by atoms with E-state index >= 15 is 0 Å². The number of benzene rings is 1. The molecule has 19 heavy (non-hydrogen) atoms. The second-order valence-corrected chi connectivity index (χ2v) is 6.28. The quantitative estimate of drug-likeness (QED) is 0.804. The molecule has 2 aliphatic carbocycles. The van der Waals surface area contributed by atoms with E-state index < -0.39 is 15.5 Å². The largest absolute Gasteiger partial charge is 0.288 e. The molecule has 0 spiro atoms. The van der Waals surface area contributed by atoms with Gasteiger partial charge in [0.25, 0.3) is 10.1 Å². The minimum atomic E-state index is -4.08. The molecule has 3 aliphatic rings. The molecule has 3 rings (SSSR count). The van der Waals surface area contributed by atoms with Crippen LogP contribution < -0.4 is 5.43 Å². The summed E-state index contributed by atoms with van der Waals surface area (Å²) in [6.07, 6.45) is 0.332. The van der Waals surface area contributed by atoms with Crippen molar-refractivity contribution in [3.05, 3.63) is 24.3 Å². The zero-order chi connectivity index (χ0) is 14.2. The van der Waals surface area contributed by atoms with Gasteiger partial charge in [-0.25, -0.2) is 0 Å². The van der Waals surface area contributed by atoms with E-state index in [1.807, 2.05) is 0 Å². The molecule has 0 radical (unpaired) electrons. The van der Waals surface area contributed by atoms with Crippen molar-refractivity contribution in [2.75, 3.05) is 0 Å². The van der Waals surface area contributed by atoms with Crippen LogP contribution in [0.2, 0.25) is 0 Å². The third-order valence-corrected chi connectivity index (χ3v) is 4.18. The molecule has 2 unspecified atom stereocenters. The summed E-state index contributed by atoms with van der Waals surface area (Å²) in [5.74, 6) is -0.347. The SMILES string of the molecule is CC(=O)NN1C(C)CC1S(=O)(=O)O.c1cc2cc-2c1. The Kier molecular flexibility index (Phi) is 3.62. The van der Waals surface area contributed by atoms with Crippen LogP contribution in [0.15, 0.2) is 24.3 Å². The third kappa shape index (κ3) is 3.31. The molecular formula is C12H16N2O4S. The highest BCUT2D eigenvalue weighted by atomic mass is 32.2. The van der Waals surface area contributed by atoms with E-state index in [4.69, 9.17) is 4.55 Å². The summed E-state index contributed by atoms with van der Waals surface area (Å²) in [6, 6.07) is 8.42. The van der Waals surface area contributed by atoms with Crippen molar-refractivity contribution in [3.8, 4) is 11.1 Å². The van der Waals surface area contributed by atoms with E-state index in [9.17, 15) is 13.2 Å². The van der Waals surface area contributed by atoms with Crippen molar-refractivity contribution in [2.45, 2.75) is 31.7 Å². The zero-order valence-electron chi connectivity index (χ0n) is 10.7. The molecule has 104 valence electrons. The summed E-state index contributed by atoms with van der Waals surface area (Å²) in [6.45, 7) is 3.05. The molecule has 6 nitrogen and oxygen atoms in total. The zero-order valence-corrected chi connectivity index (χ0v) is 11.5. The Bertz CT molecular complexity index is 582. The fourth-order valence-corrected chi connectivity index (χ4v) is 3.04. The summed E-state index contributed by atoms with van der Waals surface area (Å²) in [4.78, 5) is 10.6. The molecule has 1 aliphatic heterocycles. The molecule has 0 aromatic carbocycles. The van der Waals surface area contributed by atoms with Crippen molar-refractivity contribution in [1.82, 2.24) is 10.4 Å². The van der Waals surface area contributed by atoms with Gasteiger partial charge in [-0.3, -0.25) is 14.8 Å². The lowest BCUT2D eigenvalue weighted by Crippen LogP contribution is -2.64. The van der Waals surface area contributed by atoms with Crippen LogP contribution in [-0.2, 0) is 14.9 Å². The van der Waals surface area contributed by atoms with Gasteiger partial charge in [0.1, 0.15) is 0 Å². The fourth-order valence-electron chi connectivity index (χ4n) is 1.97. The van der Waals surface area contributed by atoms with Gasteiger partial charge >= 0.3 is 0 Å². The standard InChI is InChI=1S/C6H12N2O4S.C6H4/c1-4-3-6(13(10,11)12)8(4)7-5(2)9;1-2-5-4-6(5)3-1/h4,6H,3H2,1-2H3,(H,7,9)(H,10,11,12);1-4H. The molecule has 2 N–H and O–H groups in total. The van der Waals surface area contributed by atoms with Crippen LogP contribution >= 0.6 is 0 Å². The Labute approximate surface area is 112 Å². The van der Waals surface area contributed by atoms with Gasteiger partial charge in [0, 0.05) is 13.0 Å². The van der Waals surface area contributed by atoms with Crippen molar-refractivity contribution in [2.24, 2.45) is 0 Å². The Balaban J connectivity index is 0.000000180. The minimum Gasteiger partial charge on any atom is -0.288 e. The molecule has 0 aromatic heterocycles. The lowest BCUT2D eigenvalue weighted by atomic mass is 10.1. The van der Waals surface area contributed by atoms with Crippen LogP contribution in [0.3, 0.4) is 0 Å². The van der Waals surface area contributed by atoms with Gasteiger partial charge in [0.05, 0.1) is 0 Å². The molecule has 1 fully saturated rings. The van der Waals surface area contributed by atoms with Crippen LogP contribution in [-0.4, -0.2) is 35.3 Å². The lowest BCUT2D eigenvalue weighted by Gasteiger charge is -2.44. The highest BCUT2D eigenvalue weighted by Crippen LogP contribution is 2.32. The number of hydrazine groups is 1. The van der Waals surface area contributed by atoms with E-state index in [1.165, 1.54) is 23.1 Å². The molecule has 1 amide bonds. The third-order valence-electron chi connectivity index (χ3n) is 3.07. The van der Waals surface area contributed by atoms with Crippen LogP contribution in [0.4, 0.5) is 0 Å². The smallest absolute Gasteiger partial charge is 0.283 e. The topological polar surface area (TPSA) is 86.7 Å². The van der Waals surface area contributed by atoms with Crippen LogP contribution in [0.1, 0.15) is 20.3 Å². The van der Waals surface area contributed by atoms with E-state index in [0.29, 0.717) is 6.42 Å². The number of nitrogens with one attached hydrogen (secondary N) is 1. The maximum atomic E-state index is 10.7. The van der Waals surface area contributed by atoms with E-state index in [0.717, 1.165) is 0 Å². The fraction of sp³-hybridized carbons (Fsp3) is 0.417. The number of hydrogen-bond donors (Lipinski definition) is 2. The number of amides is 1. The number of rotatable bonds is 2. The predicted octanol–water partition coefficient (Wildman–Crippen LogP) is 1.01. The highest BCUT2D eigenvalue weighted by molar-refractivity contribution is 7.86. The number of hydrogen-bond acceptors (Lipinski definition) is 4. The van der Waals surface area contributed by atoms with Gasteiger partial charge in [-0.1, -0.05) is 18.2 Å². The first-order chi connectivity index (χ1) is 8.79. The monoisotopic (exact) mass is 284 g/mol. The number of carbonyl (C=O) groups excluding carboxylic acids is 1. The lowest BCUT2D eigenvalue weighted by molar-refractivity contribution is -0.128. The van der Waals surface area contributed by atoms with Gasteiger partial charge in [0.2, 0.25) is 5.91 Å². The molecule has 0 saturated carbocycles. The average molecular weight is 284 g/mol. The molecule has 0 bridgehead atoms. The number of fused-ring (bicyclic) bond motifs is 1. The Morgan fingerprint density at radius 1 is 1.42 bits per heavy atom. The number of carbonyl (C=O) groups is 1. The minimum absolute atomic E-state index is 0.0594. The molecule has 7 heteroatoms. The summed E-state index contributed by atoms with van der Waals surface area (Å²) in [5.41, 5.74) is 5.19. The van der Waals surface area contributed by atoms with E-state index in [-0.39, 0.29) is 11.9 Å². The Hall–Kier alpha value is -1.44. The first-order valence-electron chi connectivity index (χ1n) is 5.91. The van der Waals surface area contributed by atoms with Crippen LogP contribution in [0, 0.1) is 0 Å². The maximum absolute atomic E-state index is 10.7. The second-order valence-electron chi connectivity index (χ2n) is 4.71. The average Bonchev–Trinajstić information content (AvgIpc) is 2.89. The van der Waals surface area contributed by atoms with Gasteiger partial charge in [-0.2, -0.15) is 13.4 Å². The molecule has 0 aromatic rings. The normalized spacial score (nSPS) is 23.7. The predicted molar refractivity (Wildman–Crippen MR) is 70.5 cm³/mol. The van der Waals surface area contributed by atoms with Gasteiger partial charge < -0.3 is 0 Å². The number of nitrogens with zero attached hydrogens (tertiary/aromatic N) is 1. The second kappa shape index (κ2) is 4.92. The molecule has 1 heterocycles. The first-order valence-corrected chi connectivity index (χ1v) is 7.41. The van der Waals surface area contributed by atoms with Crippen LogP contribution in [0.25, 0.3) is 11.1 Å². The van der Waals surface area contributed by atoms with E-state index in [2.05, 4.69) is 29.7 Å². The van der Waals surface area contributed by atoms with Crippen molar-refractivity contribution >= 4 is 16.0 Å². The van der Waals surface area contributed by atoms with Gasteiger partial charge in [0.15, 0.2) is 5.37 Å². The molecule has 2 atom stereocenters. The molecule has 1 saturated heterocycles. The first kappa shape index (κ1) is 14.0. The summed E-state index contributed by atoms with van der Waals surface area (Å²) in [5, 5.41) is 0.240. The molecular weight excluding hydrogens is 268 g/mol. The maximum Gasteiger partial charge on any atom is 0.283 e. The summed E-state index contributed by atoms with van der Waals surface area (Å²) < 4.78 is 30.1. The van der Waals surface area contributed by atoms with Gasteiger partial charge in [-0.05, 0) is 30.5 Å². The van der Waals surface area contributed by atoms with Crippen molar-refractivity contribution in [1.29, 1.82) is 0 Å².